The summed E-state index contributed by atoms with van der Waals surface area (Å²) >= 11 is 0. The molecule has 9 heteroatoms. The van der Waals surface area contributed by atoms with Gasteiger partial charge in [-0.3, -0.25) is 0 Å². The molecule has 113 heavy (non-hydrogen) atoms. The zero-order valence-electron chi connectivity index (χ0n) is 60.7. The highest BCUT2D eigenvalue weighted by molar-refractivity contribution is 6.09. The summed E-state index contributed by atoms with van der Waals surface area (Å²) in [5, 5.41) is 2.16. The Balaban J connectivity index is 0.644. The predicted octanol–water partition coefficient (Wildman–Crippen LogP) is 25.6. The van der Waals surface area contributed by atoms with Gasteiger partial charge in [0, 0.05) is 60.8 Å². The van der Waals surface area contributed by atoms with E-state index in [4.69, 9.17) is 43.8 Å². The summed E-state index contributed by atoms with van der Waals surface area (Å²) in [6.07, 6.45) is 0. The van der Waals surface area contributed by atoms with Crippen molar-refractivity contribution in [1.82, 2.24) is 29.9 Å². The molecule has 0 saturated carbocycles. The van der Waals surface area contributed by atoms with Gasteiger partial charge in [0.1, 0.15) is 34.2 Å². The van der Waals surface area contributed by atoms with Crippen molar-refractivity contribution in [2.75, 3.05) is 0 Å². The minimum Gasteiger partial charge on any atom is -0.456 e. The van der Waals surface area contributed by atoms with E-state index in [2.05, 4.69) is 358 Å². The molecule has 4 aliphatic rings. The van der Waals surface area contributed by atoms with E-state index in [1.54, 1.807) is 0 Å². The Morgan fingerprint density at radius 3 is 0.956 bits per heavy atom. The van der Waals surface area contributed by atoms with Crippen molar-refractivity contribution in [3.05, 3.63) is 421 Å². The lowest BCUT2D eigenvalue weighted by molar-refractivity contribution is 0.437. The van der Waals surface area contributed by atoms with Crippen molar-refractivity contribution >= 4 is 21.9 Å². The Kier molecular flexibility index (Phi) is 14.3. The van der Waals surface area contributed by atoms with E-state index < -0.39 is 10.8 Å². The maximum Gasteiger partial charge on any atom is 0.167 e. The summed E-state index contributed by atoms with van der Waals surface area (Å²) in [5.74, 6) is 6.02. The first kappa shape index (κ1) is 64.0. The molecule has 3 aromatic heterocycles. The van der Waals surface area contributed by atoms with E-state index in [-0.39, 0.29) is 0 Å². The fourth-order valence-corrected chi connectivity index (χ4v) is 18.4. The number of hydrogen-bond acceptors (Lipinski definition) is 9. The number of nitrogens with zero attached hydrogens (tertiary/aromatic N) is 6. The fourth-order valence-electron chi connectivity index (χ4n) is 18.4. The molecule has 0 radical (unpaired) electrons. The monoisotopic (exact) mass is 1440 g/mol. The van der Waals surface area contributed by atoms with E-state index >= 15 is 0 Å². The van der Waals surface area contributed by atoms with E-state index in [0.29, 0.717) is 46.4 Å². The number of rotatable bonds is 10. The second-order valence-electron chi connectivity index (χ2n) is 29.4. The van der Waals surface area contributed by atoms with Gasteiger partial charge in [-0.15, -0.1) is 0 Å². The number of aromatic nitrogens is 6. The molecule has 16 aromatic carbocycles. The quantitative estimate of drug-likeness (QED) is 0.132. The molecular formula is C104H62N6O3. The van der Waals surface area contributed by atoms with Crippen molar-refractivity contribution < 1.29 is 13.9 Å². The third-order valence-corrected chi connectivity index (χ3v) is 23.4. The van der Waals surface area contributed by atoms with Gasteiger partial charge < -0.3 is 13.9 Å². The lowest BCUT2D eigenvalue weighted by Crippen LogP contribution is -2.32. The van der Waals surface area contributed by atoms with Crippen molar-refractivity contribution in [3.8, 4) is 158 Å². The van der Waals surface area contributed by atoms with E-state index in [9.17, 15) is 0 Å². The van der Waals surface area contributed by atoms with Gasteiger partial charge in [0.15, 0.2) is 34.9 Å². The number of fused-ring (bicyclic) bond motifs is 21. The first-order valence-corrected chi connectivity index (χ1v) is 38.2. The smallest absolute Gasteiger partial charge is 0.167 e. The molecule has 2 aliphatic carbocycles. The number of furan rings is 1. The van der Waals surface area contributed by atoms with E-state index in [1.807, 2.05) is 18.2 Å². The second-order valence-corrected chi connectivity index (χ2v) is 29.4. The van der Waals surface area contributed by atoms with Crippen LogP contribution in [0.5, 0.6) is 23.0 Å². The maximum atomic E-state index is 7.25. The predicted molar refractivity (Wildman–Crippen MR) is 450 cm³/mol. The van der Waals surface area contributed by atoms with Crippen LogP contribution < -0.4 is 9.47 Å². The van der Waals surface area contributed by atoms with Crippen LogP contribution in [0.3, 0.4) is 0 Å². The van der Waals surface area contributed by atoms with Crippen LogP contribution in [0.1, 0.15) is 44.5 Å². The van der Waals surface area contributed by atoms with Gasteiger partial charge in [-0.1, -0.05) is 322 Å². The number of para-hydroxylation sites is 6. The van der Waals surface area contributed by atoms with Gasteiger partial charge in [-0.25, -0.2) is 29.9 Å². The Morgan fingerprint density at radius 2 is 0.487 bits per heavy atom. The first-order chi connectivity index (χ1) is 56.0. The Labute approximate surface area is 651 Å². The summed E-state index contributed by atoms with van der Waals surface area (Å²) < 4.78 is 21.0. The van der Waals surface area contributed by atoms with E-state index in [0.717, 1.165) is 134 Å². The molecule has 0 fully saturated rings. The van der Waals surface area contributed by atoms with Crippen molar-refractivity contribution in [2.45, 2.75) is 10.8 Å². The molecule has 5 heterocycles. The lowest BCUT2D eigenvalue weighted by atomic mass is 9.66. The standard InChI is InChI=1S/C104H62N6O3/c1-2-25-63(26-3-1)66-27-19-32-71(60-66)99-106-100(110-102(109-99)82-43-24-51-90-96(82)113-93-54-17-14-49-88(93)104(90)85-46-11-6-37-77(85)78-38-7-12-47-86(78)104)73-34-21-31-70(62-73)68-29-18-28-67(59-68)69-30-20-33-72(61-69)98-105-97(65-57-55-64(56-58-65)74-40-22-41-80-79-39-8-15-52-91(79)111-94(74)80)107-101(108-98)81-42-23-50-89-95(81)112-92-53-16-13-48-87(92)103(89)83-44-9-4-35-75(83)76-36-5-10-45-84(76)103/h1-62H. The van der Waals surface area contributed by atoms with Crippen LogP contribution in [0.4, 0.5) is 0 Å². The van der Waals surface area contributed by atoms with Crippen LogP contribution in [0.25, 0.3) is 157 Å². The number of hydrogen-bond donors (Lipinski definition) is 0. The normalized spacial score (nSPS) is 13.2. The van der Waals surface area contributed by atoms with Gasteiger partial charge in [-0.2, -0.15) is 0 Å². The van der Waals surface area contributed by atoms with Crippen LogP contribution in [0.15, 0.2) is 381 Å². The minimum atomic E-state index is -0.695. The third-order valence-electron chi connectivity index (χ3n) is 23.4. The number of ether oxygens (including phenoxy) is 2. The van der Waals surface area contributed by atoms with Crippen LogP contribution in [0, 0.1) is 0 Å². The average Bonchev–Trinajstić information content (AvgIpc) is 1.55. The molecule has 0 saturated heterocycles. The largest absolute Gasteiger partial charge is 0.456 e. The molecule has 23 rings (SSSR count). The van der Waals surface area contributed by atoms with Crippen LogP contribution in [0.2, 0.25) is 0 Å². The Hall–Kier alpha value is -15.1. The third kappa shape index (κ3) is 9.84. The van der Waals surface area contributed by atoms with Crippen LogP contribution in [-0.2, 0) is 10.8 Å². The highest BCUT2D eigenvalue weighted by Crippen LogP contribution is 2.65. The average molecular weight is 1440 g/mol. The van der Waals surface area contributed by atoms with Crippen molar-refractivity contribution in [2.24, 2.45) is 0 Å². The Morgan fingerprint density at radius 1 is 0.186 bits per heavy atom. The minimum absolute atomic E-state index is 0.481. The molecule has 526 valence electrons. The second kappa shape index (κ2) is 25.3. The fraction of sp³-hybridized carbons (Fsp3) is 0.0192. The summed E-state index contributed by atoms with van der Waals surface area (Å²) in [4.78, 5) is 32.8. The summed E-state index contributed by atoms with van der Waals surface area (Å²) in [5.41, 5.74) is 27.1. The topological polar surface area (TPSA) is 109 Å². The first-order valence-electron chi connectivity index (χ1n) is 38.2. The number of benzene rings is 16. The van der Waals surface area contributed by atoms with Gasteiger partial charge in [0.05, 0.1) is 22.0 Å². The molecule has 0 amide bonds. The summed E-state index contributed by atoms with van der Waals surface area (Å²) in [6.45, 7) is 0. The SMILES string of the molecule is c1ccc(-c2cccc(-c3nc(-c4cccc(-c5cccc(-c6cccc(-c7nc(-c8ccc(-c9cccc%10c9oc9ccccc9%10)cc8)nc(-c8cccc9c8Oc8ccccc8C98c9ccccc9-c9ccccc98)n7)c6)c5)c4)nc(-c4cccc5c4Oc4ccccc4C54c5ccccc5-c5ccccc54)n3)c2)cc1. The van der Waals surface area contributed by atoms with E-state index in [1.165, 1.54) is 44.5 Å². The Bertz CT molecular complexity index is 7070. The molecule has 0 unspecified atom stereocenters. The highest BCUT2D eigenvalue weighted by Gasteiger charge is 2.53. The molecule has 2 spiro atoms. The van der Waals surface area contributed by atoms with Gasteiger partial charge in [0.25, 0.3) is 0 Å². The van der Waals surface area contributed by atoms with Gasteiger partial charge in [0.2, 0.25) is 0 Å². The zero-order valence-corrected chi connectivity index (χ0v) is 60.7. The summed E-state index contributed by atoms with van der Waals surface area (Å²) in [7, 11) is 0. The molecule has 19 aromatic rings. The molecule has 0 bridgehead atoms. The molecule has 9 nitrogen and oxygen atoms in total. The van der Waals surface area contributed by atoms with Crippen LogP contribution >= 0.6 is 0 Å². The molecule has 0 atom stereocenters. The highest BCUT2D eigenvalue weighted by atomic mass is 16.5. The molecular weight excluding hydrogens is 1380 g/mol. The van der Waals surface area contributed by atoms with Crippen molar-refractivity contribution in [1.29, 1.82) is 0 Å². The van der Waals surface area contributed by atoms with Crippen LogP contribution in [-0.4, -0.2) is 29.9 Å². The van der Waals surface area contributed by atoms with Gasteiger partial charge >= 0.3 is 0 Å². The summed E-state index contributed by atoms with van der Waals surface area (Å²) in [6, 6.07) is 133. The lowest BCUT2D eigenvalue weighted by Gasteiger charge is -2.39. The van der Waals surface area contributed by atoms with Crippen molar-refractivity contribution in [3.63, 3.8) is 0 Å². The zero-order chi connectivity index (χ0) is 74.3. The maximum absolute atomic E-state index is 7.25. The molecule has 0 N–H and O–H groups in total. The molecule has 2 aliphatic heterocycles. The van der Waals surface area contributed by atoms with Gasteiger partial charge in [-0.05, 0) is 138 Å².